The number of methoxy groups -OCH3 is 1. The maximum atomic E-state index is 12.7. The van der Waals surface area contributed by atoms with Crippen LogP contribution in [-0.2, 0) is 20.9 Å². The summed E-state index contributed by atoms with van der Waals surface area (Å²) >= 11 is 0. The predicted molar refractivity (Wildman–Crippen MR) is 112 cm³/mol. The van der Waals surface area contributed by atoms with Crippen molar-refractivity contribution in [1.29, 1.82) is 0 Å². The molecule has 4 atom stereocenters. The third-order valence-electron chi connectivity index (χ3n) is 6.32. The van der Waals surface area contributed by atoms with Gasteiger partial charge in [-0.25, -0.2) is 0 Å². The first-order valence-electron chi connectivity index (χ1n) is 10.5. The summed E-state index contributed by atoms with van der Waals surface area (Å²) in [7, 11) is 3.01. The number of aliphatic hydroxyl groups excluding tert-OH is 3. The first-order valence-corrected chi connectivity index (χ1v) is 10.5. The molecule has 2 aliphatic rings. The summed E-state index contributed by atoms with van der Waals surface area (Å²) in [6, 6.07) is 3.48. The zero-order valence-electron chi connectivity index (χ0n) is 18.2. The number of hydrogen-bond acceptors (Lipinski definition) is 7. The molecule has 1 aliphatic carbocycles. The van der Waals surface area contributed by atoms with Crippen LogP contribution in [0.25, 0.3) is 6.08 Å². The summed E-state index contributed by atoms with van der Waals surface area (Å²) in [5.74, 6) is -1.21. The highest BCUT2D eigenvalue weighted by molar-refractivity contribution is 6.05. The molecule has 8 heteroatoms. The highest BCUT2D eigenvalue weighted by Gasteiger charge is 2.53. The number of fused-ring (bicyclic) bond motifs is 1. The van der Waals surface area contributed by atoms with E-state index in [4.69, 9.17) is 14.3 Å². The van der Waals surface area contributed by atoms with Crippen molar-refractivity contribution in [3.05, 3.63) is 40.4 Å². The van der Waals surface area contributed by atoms with E-state index in [1.54, 1.807) is 19.2 Å². The molecule has 1 aromatic heterocycles. The number of amides is 2. The zero-order valence-corrected chi connectivity index (χ0v) is 18.2. The Labute approximate surface area is 181 Å². The van der Waals surface area contributed by atoms with E-state index in [2.05, 4.69) is 0 Å². The van der Waals surface area contributed by atoms with Crippen LogP contribution in [0.4, 0.5) is 0 Å². The van der Waals surface area contributed by atoms with E-state index in [1.807, 2.05) is 13.0 Å². The molecular formula is C23H31NO7. The Balaban J connectivity index is 1.80. The number of ether oxygens (including phenoxy) is 1. The molecule has 0 aromatic carbocycles. The van der Waals surface area contributed by atoms with Crippen molar-refractivity contribution >= 4 is 17.9 Å². The molecule has 0 unspecified atom stereocenters. The van der Waals surface area contributed by atoms with Gasteiger partial charge in [0.1, 0.15) is 18.1 Å². The Kier molecular flexibility index (Phi) is 7.48. The maximum Gasteiger partial charge on any atom is 0.233 e. The van der Waals surface area contributed by atoms with Crippen molar-refractivity contribution in [2.24, 2.45) is 17.8 Å². The van der Waals surface area contributed by atoms with Gasteiger partial charge in [-0.15, -0.1) is 0 Å². The van der Waals surface area contributed by atoms with Crippen LogP contribution in [0.5, 0.6) is 0 Å². The van der Waals surface area contributed by atoms with Crippen LogP contribution in [0.3, 0.4) is 0 Å². The van der Waals surface area contributed by atoms with Crippen molar-refractivity contribution in [3.8, 4) is 0 Å². The second-order valence-corrected chi connectivity index (χ2v) is 8.36. The Morgan fingerprint density at radius 3 is 2.68 bits per heavy atom. The number of allylic oxidation sites excluding steroid dienone is 1. The fourth-order valence-corrected chi connectivity index (χ4v) is 4.82. The van der Waals surface area contributed by atoms with Crippen LogP contribution in [0.1, 0.15) is 37.7 Å². The van der Waals surface area contributed by atoms with Gasteiger partial charge in [-0.3, -0.25) is 14.5 Å². The van der Waals surface area contributed by atoms with Gasteiger partial charge in [-0.2, -0.15) is 0 Å². The van der Waals surface area contributed by atoms with Gasteiger partial charge in [0, 0.05) is 20.1 Å². The van der Waals surface area contributed by atoms with E-state index in [0.29, 0.717) is 36.4 Å². The summed E-state index contributed by atoms with van der Waals surface area (Å²) in [5, 5.41) is 30.3. The molecule has 31 heavy (non-hydrogen) atoms. The van der Waals surface area contributed by atoms with Crippen molar-refractivity contribution in [2.45, 2.75) is 38.9 Å². The Bertz CT molecular complexity index is 884. The van der Waals surface area contributed by atoms with Crippen molar-refractivity contribution in [1.82, 2.24) is 4.90 Å². The standard InChI is InChI=1S/C23H31NO7/c1-13(8-15-5-6-16(10-25)31-15)4-7-19(27)20-14(12-30-3)9-17-21(18(20)11-26)23(29)24(2)22(17)28/h5-6,8,17-19,21,25-27H,4,7,9-12H2,1-3H3/b13-8+/t17-,18+,19-,21-/m1/s1. The summed E-state index contributed by atoms with van der Waals surface area (Å²) in [6.07, 6.45) is 2.29. The second kappa shape index (κ2) is 9.91. The number of carbonyl (C=O) groups excluding carboxylic acids is 2. The maximum absolute atomic E-state index is 12.7. The second-order valence-electron chi connectivity index (χ2n) is 8.36. The lowest BCUT2D eigenvalue weighted by molar-refractivity contribution is -0.138. The van der Waals surface area contributed by atoms with E-state index in [0.717, 1.165) is 16.0 Å². The highest BCUT2D eigenvalue weighted by atomic mass is 16.5. The molecule has 2 heterocycles. The molecule has 1 aromatic rings. The molecule has 1 aliphatic heterocycles. The quantitative estimate of drug-likeness (QED) is 0.399. The van der Waals surface area contributed by atoms with Gasteiger partial charge in [-0.1, -0.05) is 5.57 Å². The number of imide groups is 1. The number of carbonyl (C=O) groups is 2. The number of likely N-dealkylation sites (tertiary alicyclic amines) is 1. The van der Waals surface area contributed by atoms with Crippen LogP contribution in [0, 0.1) is 17.8 Å². The molecule has 0 spiro atoms. The van der Waals surface area contributed by atoms with Gasteiger partial charge >= 0.3 is 0 Å². The lowest BCUT2D eigenvalue weighted by atomic mass is 9.68. The molecular weight excluding hydrogens is 402 g/mol. The van der Waals surface area contributed by atoms with Crippen LogP contribution in [0.2, 0.25) is 0 Å². The van der Waals surface area contributed by atoms with Gasteiger partial charge in [-0.05, 0) is 55.5 Å². The number of nitrogens with zero attached hydrogens (tertiary/aromatic N) is 1. The summed E-state index contributed by atoms with van der Waals surface area (Å²) in [5.41, 5.74) is 2.38. The first-order chi connectivity index (χ1) is 14.8. The average Bonchev–Trinajstić information content (AvgIpc) is 3.30. The normalized spacial score (nSPS) is 25.4. The third kappa shape index (κ3) is 4.67. The lowest BCUT2D eigenvalue weighted by Crippen LogP contribution is -2.39. The average molecular weight is 434 g/mol. The Hall–Kier alpha value is -2.26. The van der Waals surface area contributed by atoms with Crippen molar-refractivity contribution in [3.63, 3.8) is 0 Å². The molecule has 0 saturated carbocycles. The van der Waals surface area contributed by atoms with Crippen molar-refractivity contribution < 1.29 is 34.1 Å². The summed E-state index contributed by atoms with van der Waals surface area (Å²) in [6.45, 7) is 1.68. The van der Waals surface area contributed by atoms with Gasteiger partial charge in [0.15, 0.2) is 0 Å². The number of hydrogen-bond donors (Lipinski definition) is 3. The molecule has 8 nitrogen and oxygen atoms in total. The predicted octanol–water partition coefficient (Wildman–Crippen LogP) is 1.50. The molecule has 0 radical (unpaired) electrons. The van der Waals surface area contributed by atoms with Gasteiger partial charge in [0.2, 0.25) is 11.8 Å². The monoisotopic (exact) mass is 433 g/mol. The Morgan fingerprint density at radius 1 is 1.32 bits per heavy atom. The van der Waals surface area contributed by atoms with Gasteiger partial charge < -0.3 is 24.5 Å². The first kappa shape index (κ1) is 23.4. The summed E-state index contributed by atoms with van der Waals surface area (Å²) in [4.78, 5) is 26.3. The molecule has 2 amide bonds. The van der Waals surface area contributed by atoms with E-state index >= 15 is 0 Å². The minimum absolute atomic E-state index is 0.164. The fourth-order valence-electron chi connectivity index (χ4n) is 4.82. The number of aliphatic hydroxyl groups is 3. The fraction of sp³-hybridized carbons (Fsp3) is 0.565. The van der Waals surface area contributed by atoms with Gasteiger partial charge in [0.25, 0.3) is 0 Å². The van der Waals surface area contributed by atoms with E-state index < -0.39 is 23.9 Å². The highest BCUT2D eigenvalue weighted by Crippen LogP contribution is 2.45. The van der Waals surface area contributed by atoms with Gasteiger partial charge in [0.05, 0.1) is 31.2 Å². The third-order valence-corrected chi connectivity index (χ3v) is 6.32. The Morgan fingerprint density at radius 2 is 2.06 bits per heavy atom. The zero-order chi connectivity index (χ0) is 22.7. The van der Waals surface area contributed by atoms with E-state index in [1.165, 1.54) is 7.05 Å². The van der Waals surface area contributed by atoms with Crippen LogP contribution in [-0.4, -0.2) is 65.5 Å². The minimum atomic E-state index is -0.870. The van der Waals surface area contributed by atoms with Crippen LogP contribution < -0.4 is 0 Å². The summed E-state index contributed by atoms with van der Waals surface area (Å²) < 4.78 is 10.8. The molecule has 170 valence electrons. The molecule has 3 N–H and O–H groups in total. The lowest BCUT2D eigenvalue weighted by Gasteiger charge is -2.36. The topological polar surface area (TPSA) is 120 Å². The van der Waals surface area contributed by atoms with Crippen LogP contribution >= 0.6 is 0 Å². The van der Waals surface area contributed by atoms with Crippen molar-refractivity contribution in [2.75, 3.05) is 27.4 Å². The molecule has 1 saturated heterocycles. The molecule has 1 fully saturated rings. The van der Waals surface area contributed by atoms with E-state index in [-0.39, 0.29) is 31.6 Å². The number of furan rings is 1. The largest absolute Gasteiger partial charge is 0.459 e. The molecule has 3 rings (SSSR count). The molecule has 0 bridgehead atoms. The number of rotatable bonds is 9. The minimum Gasteiger partial charge on any atom is -0.459 e. The van der Waals surface area contributed by atoms with Crippen LogP contribution in [0.15, 0.2) is 33.3 Å². The van der Waals surface area contributed by atoms with E-state index in [9.17, 15) is 19.8 Å². The smallest absolute Gasteiger partial charge is 0.233 e. The SMILES string of the molecule is COCC1=C([C@H](O)CC/C(C)=C/c2ccc(CO)o2)[C@H](CO)[C@@H]2C(=O)N(C)C(=O)[C@@H]2C1.